The predicted octanol–water partition coefficient (Wildman–Crippen LogP) is 2.11. The van der Waals surface area contributed by atoms with Crippen molar-refractivity contribution in [3.8, 4) is 17.0 Å². The fourth-order valence-electron chi connectivity index (χ4n) is 3.60. The molecule has 1 atom stereocenters. The van der Waals surface area contributed by atoms with Gasteiger partial charge in [0.1, 0.15) is 18.0 Å². The smallest absolute Gasteiger partial charge is 0.526 e. The predicted molar refractivity (Wildman–Crippen MR) is 113 cm³/mol. The van der Waals surface area contributed by atoms with E-state index >= 15 is 0 Å². The lowest BCUT2D eigenvalue weighted by Gasteiger charge is -2.28. The van der Waals surface area contributed by atoms with Crippen LogP contribution in [0.3, 0.4) is 0 Å². The zero-order chi connectivity index (χ0) is 21.3. The molecule has 0 unspecified atom stereocenters. The molecule has 154 valence electrons. The number of hydrogen-bond donors (Lipinski definition) is 2. The first-order chi connectivity index (χ1) is 14.4. The number of aromatic nitrogens is 3. The molecule has 0 saturated heterocycles. The minimum atomic E-state index is -1.14. The van der Waals surface area contributed by atoms with Crippen LogP contribution in [0.4, 0.5) is 0 Å². The zero-order valence-corrected chi connectivity index (χ0v) is 17.3. The van der Waals surface area contributed by atoms with E-state index in [0.29, 0.717) is 30.0 Å². The minimum Gasteiger partial charge on any atom is -0.535 e. The monoisotopic (exact) mass is 424 g/mol. The molecule has 0 fully saturated rings. The van der Waals surface area contributed by atoms with E-state index in [1.54, 1.807) is 29.7 Å². The van der Waals surface area contributed by atoms with E-state index in [4.69, 9.17) is 10.4 Å². The highest BCUT2D eigenvalue weighted by Gasteiger charge is 2.37. The van der Waals surface area contributed by atoms with Gasteiger partial charge in [0.2, 0.25) is 0 Å². The first-order valence-corrected chi connectivity index (χ1v) is 10.5. The van der Waals surface area contributed by atoms with Crippen molar-refractivity contribution in [3.63, 3.8) is 0 Å². The Bertz CT molecular complexity index is 1100. The maximum Gasteiger partial charge on any atom is 0.526 e. The van der Waals surface area contributed by atoms with Gasteiger partial charge in [-0.15, -0.1) is 16.4 Å². The van der Waals surface area contributed by atoms with Crippen LogP contribution in [-0.2, 0) is 24.3 Å². The molecule has 3 aromatic rings. The fraction of sp³-hybridized carbons (Fsp3) is 0.300. The number of thiophene rings is 1. The van der Waals surface area contributed by atoms with Crippen molar-refractivity contribution in [3.05, 3.63) is 51.8 Å². The van der Waals surface area contributed by atoms with Crippen molar-refractivity contribution >= 4 is 30.0 Å². The Morgan fingerprint density at radius 2 is 2.27 bits per heavy atom. The summed E-state index contributed by atoms with van der Waals surface area (Å²) in [4.78, 5) is 25.4. The van der Waals surface area contributed by atoms with Crippen LogP contribution in [0.25, 0.3) is 11.3 Å². The maximum atomic E-state index is 12.6. The van der Waals surface area contributed by atoms with Gasteiger partial charge in [-0.3, -0.25) is 9.59 Å². The van der Waals surface area contributed by atoms with Gasteiger partial charge in [0.25, 0.3) is 0 Å². The molecule has 1 aliphatic rings. The summed E-state index contributed by atoms with van der Waals surface area (Å²) in [7, 11) is -1.14. The number of ketones is 2. The van der Waals surface area contributed by atoms with Crippen LogP contribution in [-0.4, -0.2) is 38.7 Å². The number of para-hydroxylation sites is 1. The highest BCUT2D eigenvalue weighted by molar-refractivity contribution is 7.10. The van der Waals surface area contributed by atoms with Crippen molar-refractivity contribution in [2.45, 2.75) is 38.7 Å². The Morgan fingerprint density at radius 1 is 1.43 bits per heavy atom. The Labute approximate surface area is 177 Å². The van der Waals surface area contributed by atoms with Gasteiger partial charge in [-0.1, -0.05) is 17.3 Å². The number of nitrogens with zero attached hydrogens (tertiary/aromatic N) is 3. The highest BCUT2D eigenvalue weighted by Crippen LogP contribution is 2.36. The van der Waals surface area contributed by atoms with Crippen LogP contribution in [0.1, 0.15) is 34.1 Å². The molecular formula is C20H21BN4O4S. The van der Waals surface area contributed by atoms with Crippen molar-refractivity contribution in [1.29, 1.82) is 0 Å². The van der Waals surface area contributed by atoms with E-state index in [-0.39, 0.29) is 30.3 Å². The van der Waals surface area contributed by atoms with Crippen molar-refractivity contribution in [2.75, 3.05) is 0 Å². The van der Waals surface area contributed by atoms with Gasteiger partial charge in [-0.05, 0) is 31.0 Å². The summed E-state index contributed by atoms with van der Waals surface area (Å²) in [5, 5.41) is 20.5. The molecule has 3 N–H and O–H groups in total. The first-order valence-electron chi connectivity index (χ1n) is 9.62. The van der Waals surface area contributed by atoms with Gasteiger partial charge in [0, 0.05) is 34.6 Å². The fourth-order valence-corrected chi connectivity index (χ4v) is 4.36. The third kappa shape index (κ3) is 4.21. The van der Waals surface area contributed by atoms with E-state index in [1.165, 1.54) is 11.6 Å². The SMILES string of the molecule is CC(=O)c1cccc2c1OB(O)[C@@H](CC(=O)Cn1cc(-c3csc(CN)c3)nn1)C2. The average Bonchev–Trinajstić information content (AvgIpc) is 3.37. The summed E-state index contributed by atoms with van der Waals surface area (Å²) in [5.74, 6) is -0.188. The van der Waals surface area contributed by atoms with E-state index in [1.807, 2.05) is 17.5 Å². The van der Waals surface area contributed by atoms with Gasteiger partial charge >= 0.3 is 7.12 Å². The normalized spacial score (nSPS) is 15.6. The highest BCUT2D eigenvalue weighted by atomic mass is 32.1. The summed E-state index contributed by atoms with van der Waals surface area (Å²) < 4.78 is 7.10. The van der Waals surface area contributed by atoms with E-state index in [0.717, 1.165) is 16.0 Å². The summed E-state index contributed by atoms with van der Waals surface area (Å²) in [6, 6.07) is 7.27. The molecule has 0 radical (unpaired) electrons. The van der Waals surface area contributed by atoms with Crippen LogP contribution in [0.5, 0.6) is 5.75 Å². The number of Topliss-reactive ketones (excluding diaryl/α,β-unsaturated/α-hetero) is 2. The lowest BCUT2D eigenvalue weighted by Crippen LogP contribution is -2.36. The molecule has 0 amide bonds. The number of fused-ring (bicyclic) bond motifs is 1. The lowest BCUT2D eigenvalue weighted by atomic mass is 9.64. The topological polar surface area (TPSA) is 120 Å². The number of hydrogen-bond acceptors (Lipinski definition) is 8. The molecule has 1 aliphatic heterocycles. The molecule has 8 nitrogen and oxygen atoms in total. The van der Waals surface area contributed by atoms with Gasteiger partial charge in [0.05, 0.1) is 11.8 Å². The van der Waals surface area contributed by atoms with Crippen molar-refractivity contribution in [2.24, 2.45) is 5.73 Å². The molecule has 0 bridgehead atoms. The lowest BCUT2D eigenvalue weighted by molar-refractivity contribution is -0.120. The summed E-state index contributed by atoms with van der Waals surface area (Å²) in [6.45, 7) is 1.99. The second kappa shape index (κ2) is 8.51. The Balaban J connectivity index is 1.41. The third-order valence-corrected chi connectivity index (χ3v) is 6.08. The van der Waals surface area contributed by atoms with E-state index in [9.17, 15) is 14.6 Å². The minimum absolute atomic E-state index is 0.0600. The van der Waals surface area contributed by atoms with Crippen molar-refractivity contribution in [1.82, 2.24) is 15.0 Å². The Hall–Kier alpha value is -2.82. The quantitative estimate of drug-likeness (QED) is 0.440. The molecule has 10 heteroatoms. The van der Waals surface area contributed by atoms with Crippen LogP contribution >= 0.6 is 11.3 Å². The van der Waals surface area contributed by atoms with Crippen LogP contribution < -0.4 is 10.4 Å². The molecule has 0 saturated carbocycles. The van der Waals surface area contributed by atoms with Crippen molar-refractivity contribution < 1.29 is 19.3 Å². The molecule has 0 aliphatic carbocycles. The molecule has 0 spiro atoms. The number of rotatable bonds is 7. The Morgan fingerprint density at radius 3 is 3.00 bits per heavy atom. The second-order valence-electron chi connectivity index (χ2n) is 7.37. The van der Waals surface area contributed by atoms with E-state index < -0.39 is 7.12 Å². The van der Waals surface area contributed by atoms with Gasteiger partial charge in [0.15, 0.2) is 11.6 Å². The molecule has 4 rings (SSSR count). The molecule has 3 heterocycles. The van der Waals surface area contributed by atoms with Crippen LogP contribution in [0.2, 0.25) is 5.82 Å². The van der Waals surface area contributed by atoms with Gasteiger partial charge in [-0.25, -0.2) is 4.68 Å². The van der Waals surface area contributed by atoms with Gasteiger partial charge < -0.3 is 15.4 Å². The first kappa shape index (κ1) is 20.5. The van der Waals surface area contributed by atoms with E-state index in [2.05, 4.69) is 10.3 Å². The number of carbonyl (C=O) groups is 2. The molecule has 1 aromatic carbocycles. The molecule has 30 heavy (non-hydrogen) atoms. The summed E-state index contributed by atoms with van der Waals surface area (Å²) >= 11 is 1.56. The molecule has 2 aromatic heterocycles. The number of benzene rings is 1. The Kier molecular flexibility index (Phi) is 5.80. The maximum absolute atomic E-state index is 12.6. The summed E-state index contributed by atoms with van der Waals surface area (Å²) in [6.07, 6.45) is 2.32. The van der Waals surface area contributed by atoms with Crippen LogP contribution in [0, 0.1) is 0 Å². The van der Waals surface area contributed by atoms with Crippen LogP contribution in [0.15, 0.2) is 35.8 Å². The summed E-state index contributed by atoms with van der Waals surface area (Å²) in [5.41, 5.74) is 8.52. The number of nitrogens with two attached hydrogens (primary N) is 1. The largest absolute Gasteiger partial charge is 0.535 e. The average molecular weight is 424 g/mol. The molecular weight excluding hydrogens is 403 g/mol. The third-order valence-electron chi connectivity index (χ3n) is 5.12. The number of carbonyl (C=O) groups excluding carboxylic acids is 2. The zero-order valence-electron chi connectivity index (χ0n) is 16.4. The second-order valence-corrected chi connectivity index (χ2v) is 8.37. The standard InChI is InChI=1S/C20H21BN4O4S/c1-12(26)18-4-2-3-13-5-15(21(28)29-20(13)18)7-16(27)9-25-10-19(23-24-25)14-6-17(8-22)30-11-14/h2-4,6,10-11,15,28H,5,7-9,22H2,1H3/t15-/m1/s1. The van der Waals surface area contributed by atoms with Gasteiger partial charge in [-0.2, -0.15) is 0 Å².